The van der Waals surface area contributed by atoms with E-state index in [4.69, 9.17) is 9.47 Å². The number of esters is 1. The highest BCUT2D eigenvalue weighted by atomic mass is 16.5. The van der Waals surface area contributed by atoms with E-state index in [9.17, 15) is 4.79 Å². The molecular weight excluding hydrogens is 318 g/mol. The quantitative estimate of drug-likeness (QED) is 0.709. The summed E-state index contributed by atoms with van der Waals surface area (Å²) >= 11 is 0. The summed E-state index contributed by atoms with van der Waals surface area (Å²) < 4.78 is 15.0. The molecule has 5 heteroatoms. The summed E-state index contributed by atoms with van der Waals surface area (Å²) in [6.07, 6.45) is 2.12. The molecule has 0 aliphatic rings. The van der Waals surface area contributed by atoms with Gasteiger partial charge in [-0.15, -0.1) is 0 Å². The van der Waals surface area contributed by atoms with E-state index in [2.05, 4.69) is 23.6 Å². The van der Waals surface area contributed by atoms with Gasteiger partial charge in [0.05, 0.1) is 12.8 Å². The maximum atomic E-state index is 11.4. The number of hydrogen-bond donors (Lipinski definition) is 0. The molecule has 1 heterocycles. The van der Waals surface area contributed by atoms with Crippen LogP contribution in [0.4, 0.5) is 0 Å². The molecule has 0 amide bonds. The Balaban J connectivity index is 0.000000550. The van der Waals surface area contributed by atoms with Crippen molar-refractivity contribution in [2.24, 2.45) is 0 Å². The average Bonchev–Trinajstić information content (AvgIpc) is 2.67. The highest BCUT2D eigenvalue weighted by Crippen LogP contribution is 2.14. The molecule has 0 unspecified atom stereocenters. The Hall–Kier alpha value is -2.40. The molecule has 0 bridgehead atoms. The molecule has 0 N–H and O–H groups in total. The van der Waals surface area contributed by atoms with Gasteiger partial charge in [0, 0.05) is 13.7 Å². The van der Waals surface area contributed by atoms with E-state index in [0.29, 0.717) is 12.3 Å². The highest BCUT2D eigenvalue weighted by molar-refractivity contribution is 5.87. The van der Waals surface area contributed by atoms with Crippen molar-refractivity contribution in [2.75, 3.05) is 20.8 Å². The molecule has 1 aromatic heterocycles. The van der Waals surface area contributed by atoms with E-state index in [1.807, 2.05) is 30.3 Å². The van der Waals surface area contributed by atoms with Crippen LogP contribution >= 0.6 is 0 Å². The Morgan fingerprint density at radius 1 is 1.04 bits per heavy atom. The zero-order valence-corrected chi connectivity index (χ0v) is 15.5. The molecule has 0 radical (unpaired) electrons. The number of nitrogens with zero attached hydrogens (tertiary/aromatic N) is 1. The van der Waals surface area contributed by atoms with Crippen LogP contribution in [0, 0.1) is 0 Å². The Morgan fingerprint density at radius 3 is 2.28 bits per heavy atom. The predicted molar refractivity (Wildman–Crippen MR) is 97.9 cm³/mol. The number of carbonyl (C=O) groups is 1. The van der Waals surface area contributed by atoms with Crippen LogP contribution in [-0.2, 0) is 22.5 Å². The fourth-order valence-electron chi connectivity index (χ4n) is 1.96. The largest absolute Gasteiger partial charge is 0.487 e. The Morgan fingerprint density at radius 2 is 1.76 bits per heavy atom. The topological polar surface area (TPSA) is 57.7 Å². The van der Waals surface area contributed by atoms with Gasteiger partial charge in [0.1, 0.15) is 18.1 Å². The molecule has 0 saturated carbocycles. The fourth-order valence-corrected chi connectivity index (χ4v) is 1.96. The first-order valence-electron chi connectivity index (χ1n) is 8.39. The molecule has 5 nitrogen and oxygen atoms in total. The minimum absolute atomic E-state index is 0.287. The summed E-state index contributed by atoms with van der Waals surface area (Å²) in [5, 5.41) is 0. The van der Waals surface area contributed by atoms with Crippen molar-refractivity contribution in [1.82, 2.24) is 4.98 Å². The van der Waals surface area contributed by atoms with E-state index in [-0.39, 0.29) is 5.69 Å². The molecule has 0 fully saturated rings. The second-order valence-corrected chi connectivity index (χ2v) is 5.28. The lowest BCUT2D eigenvalue weighted by Gasteiger charge is -2.07. The van der Waals surface area contributed by atoms with Crippen LogP contribution in [0.15, 0.2) is 42.5 Å². The lowest BCUT2D eigenvalue weighted by Crippen LogP contribution is -2.07. The molecule has 0 aliphatic heterocycles. The van der Waals surface area contributed by atoms with Gasteiger partial charge in [0.25, 0.3) is 0 Å². The molecule has 136 valence electrons. The maximum absolute atomic E-state index is 11.4. The monoisotopic (exact) mass is 345 g/mol. The second kappa shape index (κ2) is 12.0. The van der Waals surface area contributed by atoms with Gasteiger partial charge >= 0.3 is 5.97 Å². The van der Waals surface area contributed by atoms with Crippen LogP contribution in [0.25, 0.3) is 0 Å². The molecular formula is C20H27NO4. The van der Waals surface area contributed by atoms with Crippen molar-refractivity contribution >= 4 is 5.97 Å². The number of ether oxygens (including phenoxy) is 3. The first-order chi connectivity index (χ1) is 12.1. The van der Waals surface area contributed by atoms with Gasteiger partial charge in [-0.05, 0) is 42.7 Å². The van der Waals surface area contributed by atoms with E-state index in [0.717, 1.165) is 25.2 Å². The van der Waals surface area contributed by atoms with Gasteiger partial charge in [-0.2, -0.15) is 0 Å². The van der Waals surface area contributed by atoms with Crippen molar-refractivity contribution in [3.05, 3.63) is 59.4 Å². The fraction of sp³-hybridized carbons (Fsp3) is 0.400. The minimum Gasteiger partial charge on any atom is -0.487 e. The van der Waals surface area contributed by atoms with Crippen LogP contribution in [-0.4, -0.2) is 31.8 Å². The van der Waals surface area contributed by atoms with Crippen molar-refractivity contribution in [3.8, 4) is 5.75 Å². The molecule has 1 aromatic carbocycles. The summed E-state index contributed by atoms with van der Waals surface area (Å²) in [7, 11) is 3.05. The van der Waals surface area contributed by atoms with Crippen LogP contribution in [0.2, 0.25) is 0 Å². The predicted octanol–water partition coefficient (Wildman–Crippen LogP) is 4.05. The van der Waals surface area contributed by atoms with Gasteiger partial charge in [-0.3, -0.25) is 0 Å². The summed E-state index contributed by atoms with van der Waals surface area (Å²) in [6, 6.07) is 13.1. The SMILES string of the molecule is CCCOC.CCc1ccc(OCc2cccc(C(=O)OC)n2)cc1. The number of rotatable bonds is 7. The van der Waals surface area contributed by atoms with E-state index >= 15 is 0 Å². The van der Waals surface area contributed by atoms with Crippen LogP contribution in [0.5, 0.6) is 5.75 Å². The number of carbonyl (C=O) groups excluding carboxylic acids is 1. The lowest BCUT2D eigenvalue weighted by molar-refractivity contribution is 0.0593. The summed E-state index contributed by atoms with van der Waals surface area (Å²) in [5.74, 6) is 0.339. The van der Waals surface area contributed by atoms with Crippen molar-refractivity contribution < 1.29 is 19.0 Å². The third kappa shape index (κ3) is 7.81. The molecule has 0 spiro atoms. The average molecular weight is 345 g/mol. The van der Waals surface area contributed by atoms with Crippen LogP contribution in [0.1, 0.15) is 42.0 Å². The van der Waals surface area contributed by atoms with Crippen LogP contribution < -0.4 is 4.74 Å². The van der Waals surface area contributed by atoms with Gasteiger partial charge < -0.3 is 14.2 Å². The molecule has 0 saturated heterocycles. The molecule has 2 rings (SSSR count). The van der Waals surface area contributed by atoms with Gasteiger partial charge in [0.2, 0.25) is 0 Å². The Bertz CT molecular complexity index is 624. The summed E-state index contributed by atoms with van der Waals surface area (Å²) in [6.45, 7) is 5.40. The first kappa shape index (κ1) is 20.6. The number of aromatic nitrogens is 1. The minimum atomic E-state index is -0.445. The number of hydrogen-bond acceptors (Lipinski definition) is 5. The number of benzene rings is 1. The number of pyridine rings is 1. The van der Waals surface area contributed by atoms with Crippen molar-refractivity contribution in [2.45, 2.75) is 33.3 Å². The summed E-state index contributed by atoms with van der Waals surface area (Å²) in [4.78, 5) is 15.6. The first-order valence-corrected chi connectivity index (χ1v) is 8.39. The van der Waals surface area contributed by atoms with Crippen molar-refractivity contribution in [1.29, 1.82) is 0 Å². The molecule has 0 aliphatic carbocycles. The zero-order chi connectivity index (χ0) is 18.5. The van der Waals surface area contributed by atoms with E-state index in [1.54, 1.807) is 19.2 Å². The molecule has 0 atom stereocenters. The maximum Gasteiger partial charge on any atom is 0.356 e. The van der Waals surface area contributed by atoms with Gasteiger partial charge in [-0.25, -0.2) is 9.78 Å². The van der Waals surface area contributed by atoms with E-state index < -0.39 is 5.97 Å². The van der Waals surface area contributed by atoms with Gasteiger partial charge in [-0.1, -0.05) is 32.0 Å². The molecule has 2 aromatic rings. The molecule has 25 heavy (non-hydrogen) atoms. The number of aryl methyl sites for hydroxylation is 1. The van der Waals surface area contributed by atoms with Crippen molar-refractivity contribution in [3.63, 3.8) is 0 Å². The Kier molecular flexibility index (Phi) is 9.94. The third-order valence-electron chi connectivity index (χ3n) is 3.33. The summed E-state index contributed by atoms with van der Waals surface area (Å²) in [5.41, 5.74) is 2.24. The second-order valence-electron chi connectivity index (χ2n) is 5.28. The number of methoxy groups -OCH3 is 2. The lowest BCUT2D eigenvalue weighted by atomic mass is 10.2. The zero-order valence-electron chi connectivity index (χ0n) is 15.5. The third-order valence-corrected chi connectivity index (χ3v) is 3.33. The Labute approximate surface area is 150 Å². The van der Waals surface area contributed by atoms with Gasteiger partial charge in [0.15, 0.2) is 0 Å². The van der Waals surface area contributed by atoms with Crippen LogP contribution in [0.3, 0.4) is 0 Å². The van der Waals surface area contributed by atoms with E-state index in [1.165, 1.54) is 12.7 Å². The smallest absolute Gasteiger partial charge is 0.356 e. The standard InChI is InChI=1S/C16H17NO3.C4H10O/c1-3-12-7-9-14(10-8-12)20-11-13-5-4-6-15(17-13)16(18)19-2;1-3-4-5-2/h4-10H,3,11H2,1-2H3;3-4H2,1-2H3. The normalized spacial score (nSPS) is 9.76. The highest BCUT2D eigenvalue weighted by Gasteiger charge is 2.07.